The maximum Gasteiger partial charge on any atom is 0.191 e. The molecular formula is C19H33IN4O3S. The lowest BCUT2D eigenvalue weighted by Crippen LogP contribution is -2.45. The summed E-state index contributed by atoms with van der Waals surface area (Å²) < 4.78 is 28.2. The van der Waals surface area contributed by atoms with Gasteiger partial charge in [0.05, 0.1) is 11.5 Å². The Balaban J connectivity index is 0.00000392. The van der Waals surface area contributed by atoms with Crippen LogP contribution in [0, 0.1) is 0 Å². The fraction of sp³-hybridized carbons (Fsp3) is 0.632. The quantitative estimate of drug-likeness (QED) is 0.290. The van der Waals surface area contributed by atoms with Crippen LogP contribution in [0.1, 0.15) is 18.4 Å². The van der Waals surface area contributed by atoms with Gasteiger partial charge in [0.2, 0.25) is 0 Å². The van der Waals surface area contributed by atoms with Crippen molar-refractivity contribution in [1.82, 2.24) is 15.5 Å². The van der Waals surface area contributed by atoms with Crippen LogP contribution in [-0.4, -0.2) is 78.5 Å². The topological polar surface area (TPSA) is 83.0 Å². The van der Waals surface area contributed by atoms with Crippen LogP contribution in [0.25, 0.3) is 0 Å². The second-order valence-corrected chi connectivity index (χ2v) is 8.89. The number of sulfone groups is 1. The smallest absolute Gasteiger partial charge is 0.191 e. The molecule has 0 spiro atoms. The Kier molecular flexibility index (Phi) is 11.3. The van der Waals surface area contributed by atoms with Gasteiger partial charge in [-0.15, -0.1) is 24.0 Å². The van der Waals surface area contributed by atoms with E-state index in [1.807, 2.05) is 12.1 Å². The van der Waals surface area contributed by atoms with Gasteiger partial charge in [0.1, 0.15) is 0 Å². The minimum absolute atomic E-state index is 0. The van der Waals surface area contributed by atoms with Crippen LogP contribution in [0.15, 0.2) is 34.2 Å². The number of rotatable bonds is 9. The van der Waals surface area contributed by atoms with Gasteiger partial charge in [-0.1, -0.05) is 12.1 Å². The fourth-order valence-corrected chi connectivity index (χ4v) is 3.92. The van der Waals surface area contributed by atoms with E-state index in [1.165, 1.54) is 19.1 Å². The molecule has 160 valence electrons. The van der Waals surface area contributed by atoms with E-state index in [1.54, 1.807) is 26.3 Å². The Hall–Kier alpha value is -0.910. The molecule has 1 atom stereocenters. The van der Waals surface area contributed by atoms with Crippen LogP contribution in [0.2, 0.25) is 0 Å². The number of nitrogens with zero attached hydrogens (tertiary/aromatic N) is 2. The van der Waals surface area contributed by atoms with E-state index in [0.29, 0.717) is 10.9 Å². The van der Waals surface area contributed by atoms with Gasteiger partial charge in [-0.2, -0.15) is 0 Å². The number of hydrogen-bond acceptors (Lipinski definition) is 5. The van der Waals surface area contributed by atoms with Gasteiger partial charge in [-0.25, -0.2) is 8.42 Å². The Morgan fingerprint density at radius 3 is 2.61 bits per heavy atom. The van der Waals surface area contributed by atoms with Gasteiger partial charge in [0.15, 0.2) is 15.8 Å². The van der Waals surface area contributed by atoms with Crippen LogP contribution >= 0.6 is 24.0 Å². The summed E-state index contributed by atoms with van der Waals surface area (Å²) in [4.78, 5) is 7.10. The largest absolute Gasteiger partial charge is 0.383 e. The van der Waals surface area contributed by atoms with Gasteiger partial charge in [0.25, 0.3) is 0 Å². The summed E-state index contributed by atoms with van der Waals surface area (Å²) in [5, 5.41) is 6.73. The van der Waals surface area contributed by atoms with E-state index in [2.05, 4.69) is 20.5 Å². The van der Waals surface area contributed by atoms with Crippen molar-refractivity contribution in [3.05, 3.63) is 29.8 Å². The molecule has 0 aliphatic carbocycles. The van der Waals surface area contributed by atoms with Crippen LogP contribution in [0.5, 0.6) is 0 Å². The van der Waals surface area contributed by atoms with Crippen molar-refractivity contribution in [2.75, 3.05) is 53.2 Å². The zero-order chi connectivity index (χ0) is 19.7. The molecule has 1 heterocycles. The number of likely N-dealkylation sites (tertiary alicyclic amines) is 1. The molecule has 0 bridgehead atoms. The molecule has 0 aromatic heterocycles. The molecule has 2 N–H and O–H groups in total. The van der Waals surface area contributed by atoms with Crippen molar-refractivity contribution < 1.29 is 13.2 Å². The van der Waals surface area contributed by atoms with Gasteiger partial charge in [0, 0.05) is 46.1 Å². The molecule has 28 heavy (non-hydrogen) atoms. The van der Waals surface area contributed by atoms with Crippen molar-refractivity contribution in [3.63, 3.8) is 0 Å². The Morgan fingerprint density at radius 1 is 1.29 bits per heavy atom. The van der Waals surface area contributed by atoms with E-state index >= 15 is 0 Å². The minimum atomic E-state index is -3.14. The average molecular weight is 524 g/mol. The average Bonchev–Trinajstić information content (AvgIpc) is 3.09. The lowest BCUT2D eigenvalue weighted by Gasteiger charge is -2.25. The number of methoxy groups -OCH3 is 1. The minimum Gasteiger partial charge on any atom is -0.383 e. The highest BCUT2D eigenvalue weighted by Crippen LogP contribution is 2.15. The second kappa shape index (κ2) is 12.6. The number of hydrogen-bond donors (Lipinski definition) is 2. The van der Waals surface area contributed by atoms with E-state index < -0.39 is 9.84 Å². The highest BCUT2D eigenvalue weighted by molar-refractivity contribution is 14.0. The summed E-state index contributed by atoms with van der Waals surface area (Å²) >= 11 is 0. The zero-order valence-electron chi connectivity index (χ0n) is 17.0. The normalized spacial score (nSPS) is 18.0. The Labute approximate surface area is 186 Å². The lowest BCUT2D eigenvalue weighted by atomic mass is 10.1. The van der Waals surface area contributed by atoms with Gasteiger partial charge in [-0.05, 0) is 43.5 Å². The number of aliphatic imine (C=N–C) groups is 1. The summed E-state index contributed by atoms with van der Waals surface area (Å²) in [7, 11) is 0.371. The van der Waals surface area contributed by atoms with Gasteiger partial charge >= 0.3 is 0 Å². The van der Waals surface area contributed by atoms with Crippen LogP contribution in [0.4, 0.5) is 0 Å². The number of ether oxygens (including phenoxy) is 1. The molecule has 0 radical (unpaired) electrons. The molecule has 1 aliphatic rings. The molecule has 1 aromatic carbocycles. The van der Waals surface area contributed by atoms with E-state index in [0.717, 1.165) is 50.7 Å². The van der Waals surface area contributed by atoms with E-state index in [-0.39, 0.29) is 24.0 Å². The van der Waals surface area contributed by atoms with Crippen molar-refractivity contribution in [2.24, 2.45) is 4.99 Å². The van der Waals surface area contributed by atoms with E-state index in [9.17, 15) is 8.42 Å². The molecule has 7 nitrogen and oxygen atoms in total. The van der Waals surface area contributed by atoms with Crippen molar-refractivity contribution in [2.45, 2.75) is 30.2 Å². The second-order valence-electron chi connectivity index (χ2n) is 6.87. The highest BCUT2D eigenvalue weighted by atomic mass is 127. The molecule has 9 heteroatoms. The molecule has 1 unspecified atom stereocenters. The molecule has 1 fully saturated rings. The molecule has 0 saturated carbocycles. The maximum absolute atomic E-state index is 11.5. The molecule has 2 rings (SSSR count). The lowest BCUT2D eigenvalue weighted by molar-refractivity contribution is 0.141. The molecule has 1 saturated heterocycles. The fourth-order valence-electron chi connectivity index (χ4n) is 3.29. The zero-order valence-corrected chi connectivity index (χ0v) is 20.1. The van der Waals surface area contributed by atoms with Crippen molar-refractivity contribution in [3.8, 4) is 0 Å². The number of halogens is 1. The van der Waals surface area contributed by atoms with Crippen LogP contribution in [0.3, 0.4) is 0 Å². The standard InChI is InChI=1S/C19H32N4O3S.HI/c1-20-19(22-15-17-5-4-12-23(17)13-14-26-2)21-11-10-16-6-8-18(9-7-16)27(3,24)25;/h6-9,17H,4-5,10-15H2,1-3H3,(H2,20,21,22);1H. The first-order chi connectivity index (χ1) is 12.9. The third-order valence-corrected chi connectivity index (χ3v) is 6.00. The third-order valence-electron chi connectivity index (χ3n) is 4.87. The first-order valence-corrected chi connectivity index (χ1v) is 11.3. The van der Waals surface area contributed by atoms with Gasteiger partial charge < -0.3 is 15.4 Å². The summed E-state index contributed by atoms with van der Waals surface area (Å²) in [6.45, 7) is 4.47. The van der Waals surface area contributed by atoms with E-state index in [4.69, 9.17) is 4.74 Å². The Bertz CT molecular complexity index is 710. The van der Waals surface area contributed by atoms with Crippen LogP contribution in [-0.2, 0) is 21.0 Å². The summed E-state index contributed by atoms with van der Waals surface area (Å²) in [5.74, 6) is 0.793. The summed E-state index contributed by atoms with van der Waals surface area (Å²) in [6, 6.07) is 7.56. The number of guanidine groups is 1. The van der Waals surface area contributed by atoms with Crippen molar-refractivity contribution >= 4 is 39.8 Å². The highest BCUT2D eigenvalue weighted by Gasteiger charge is 2.23. The number of nitrogens with one attached hydrogen (secondary N) is 2. The summed E-state index contributed by atoms with van der Waals surface area (Å²) in [6.07, 6.45) is 4.44. The van der Waals surface area contributed by atoms with Gasteiger partial charge in [-0.3, -0.25) is 9.89 Å². The Morgan fingerprint density at radius 2 is 2.00 bits per heavy atom. The third kappa shape index (κ3) is 8.22. The first kappa shape index (κ1) is 25.1. The predicted octanol–water partition coefficient (Wildman–Crippen LogP) is 1.53. The molecule has 1 aliphatic heterocycles. The number of benzene rings is 1. The maximum atomic E-state index is 11.5. The first-order valence-electron chi connectivity index (χ1n) is 9.40. The predicted molar refractivity (Wildman–Crippen MR) is 125 cm³/mol. The van der Waals surface area contributed by atoms with Crippen molar-refractivity contribution in [1.29, 1.82) is 0 Å². The SMILES string of the molecule is CN=C(NCCc1ccc(S(C)(=O)=O)cc1)NCC1CCCN1CCOC.I. The molecular weight excluding hydrogens is 491 g/mol. The molecule has 0 amide bonds. The monoisotopic (exact) mass is 524 g/mol. The molecule has 1 aromatic rings. The van der Waals surface area contributed by atoms with Crippen LogP contribution < -0.4 is 10.6 Å². The summed E-state index contributed by atoms with van der Waals surface area (Å²) in [5.41, 5.74) is 1.09.